The van der Waals surface area contributed by atoms with Crippen molar-refractivity contribution in [1.29, 1.82) is 0 Å². The van der Waals surface area contributed by atoms with Crippen molar-refractivity contribution in [1.82, 2.24) is 0 Å². The van der Waals surface area contributed by atoms with E-state index in [9.17, 15) is 15.0 Å². The monoisotopic (exact) mass is 226 g/mol. The Balaban J connectivity index is 3.23. The van der Waals surface area contributed by atoms with Crippen LogP contribution in [0.4, 0.5) is 0 Å². The van der Waals surface area contributed by atoms with E-state index in [-0.39, 0.29) is 11.3 Å². The molecule has 1 aromatic rings. The van der Waals surface area contributed by atoms with Crippen LogP contribution in [0.5, 0.6) is 11.5 Å². The summed E-state index contributed by atoms with van der Waals surface area (Å²) in [6.07, 6.45) is 3.19. The number of hydrogen-bond donors (Lipinski definition) is 4. The van der Waals surface area contributed by atoms with Crippen LogP contribution in [0.1, 0.15) is 15.9 Å². The quantitative estimate of drug-likeness (QED) is 0.592. The van der Waals surface area contributed by atoms with Gasteiger partial charge in [0.05, 0.1) is 0 Å². The first-order valence-electron chi connectivity index (χ1n) is 4.13. The molecular weight excluding hydrogens is 216 g/mol. The molecule has 0 radical (unpaired) electrons. The molecule has 0 spiro atoms. The fourth-order valence-electron chi connectivity index (χ4n) is 1.08. The minimum absolute atomic E-state index is 0.171. The lowest BCUT2D eigenvalue weighted by atomic mass is 10.1. The van der Waals surface area contributed by atoms with Gasteiger partial charge in [-0.25, -0.2) is 4.79 Å². The van der Waals surface area contributed by atoms with Gasteiger partial charge in [0.2, 0.25) is 0 Å². The second kappa shape index (κ2) is 4.75. The maximum atomic E-state index is 10.7. The van der Waals surface area contributed by atoms with E-state index in [1.54, 1.807) is 6.08 Å². The van der Waals surface area contributed by atoms with E-state index in [4.69, 9.17) is 5.11 Å². The van der Waals surface area contributed by atoms with Gasteiger partial charge in [-0.3, -0.25) is 0 Å². The van der Waals surface area contributed by atoms with Crippen LogP contribution < -0.4 is 0 Å². The maximum absolute atomic E-state index is 10.7. The number of phenolic OH excluding ortho intramolecular Hbond substituents is 1. The molecule has 0 aliphatic rings. The molecule has 1 aromatic carbocycles. The van der Waals surface area contributed by atoms with E-state index >= 15 is 0 Å². The fraction of sp³-hybridized carbons (Fsp3) is 0.100. The number of hydrogen-bond acceptors (Lipinski definition) is 4. The highest BCUT2D eigenvalue weighted by Crippen LogP contribution is 2.28. The van der Waals surface area contributed by atoms with Crippen molar-refractivity contribution >= 4 is 24.7 Å². The number of aromatic carboxylic acids is 1. The number of phenols is 2. The summed E-state index contributed by atoms with van der Waals surface area (Å²) in [5, 5.41) is 27.4. The number of carbonyl (C=O) groups is 1. The fourth-order valence-corrected chi connectivity index (χ4v) is 1.18. The van der Waals surface area contributed by atoms with Crippen LogP contribution in [-0.4, -0.2) is 27.0 Å². The van der Waals surface area contributed by atoms with Crippen LogP contribution in [-0.2, 0) is 0 Å². The predicted molar refractivity (Wildman–Crippen MR) is 59.6 cm³/mol. The zero-order chi connectivity index (χ0) is 11.4. The van der Waals surface area contributed by atoms with Crippen molar-refractivity contribution in [3.8, 4) is 11.5 Å². The van der Waals surface area contributed by atoms with Crippen molar-refractivity contribution in [2.75, 3.05) is 5.75 Å². The standard InChI is InChI=1S/C10H10O4S/c11-8-5-9(12)7(10(13)14)4-6(8)2-1-3-15/h1-2,4-5,11-12,15H,3H2,(H,13,14). The largest absolute Gasteiger partial charge is 0.507 e. The summed E-state index contributed by atoms with van der Waals surface area (Å²) < 4.78 is 0. The second-order valence-corrected chi connectivity index (χ2v) is 3.18. The first kappa shape index (κ1) is 11.5. The number of carboxylic acid groups (broad SMARTS) is 1. The Hall–Kier alpha value is -1.62. The first-order chi connectivity index (χ1) is 7.06. The molecule has 4 nitrogen and oxygen atoms in total. The van der Waals surface area contributed by atoms with E-state index in [2.05, 4.69) is 12.6 Å². The molecule has 0 aliphatic heterocycles. The molecule has 0 saturated heterocycles. The Morgan fingerprint density at radius 2 is 2.00 bits per heavy atom. The molecule has 0 saturated carbocycles. The topological polar surface area (TPSA) is 77.8 Å². The summed E-state index contributed by atoms with van der Waals surface area (Å²) in [4.78, 5) is 10.7. The van der Waals surface area contributed by atoms with Crippen LogP contribution in [0.15, 0.2) is 18.2 Å². The Morgan fingerprint density at radius 1 is 1.33 bits per heavy atom. The van der Waals surface area contributed by atoms with Crippen LogP contribution in [0.2, 0.25) is 0 Å². The van der Waals surface area contributed by atoms with Gasteiger partial charge in [-0.1, -0.05) is 12.2 Å². The number of thiol groups is 1. The molecule has 0 atom stereocenters. The van der Waals surface area contributed by atoms with Crippen molar-refractivity contribution in [3.63, 3.8) is 0 Å². The lowest BCUT2D eigenvalue weighted by Gasteiger charge is -2.03. The number of aromatic hydroxyl groups is 2. The van der Waals surface area contributed by atoms with E-state index in [0.717, 1.165) is 6.07 Å². The zero-order valence-corrected chi connectivity index (χ0v) is 8.61. The van der Waals surface area contributed by atoms with Crippen molar-refractivity contribution in [3.05, 3.63) is 29.3 Å². The summed E-state index contributed by atoms with van der Waals surface area (Å²) >= 11 is 3.94. The molecule has 0 fully saturated rings. The van der Waals surface area contributed by atoms with E-state index in [1.807, 2.05) is 0 Å². The third-order valence-corrected chi connectivity index (χ3v) is 1.99. The van der Waals surface area contributed by atoms with Gasteiger partial charge in [0.1, 0.15) is 17.1 Å². The SMILES string of the molecule is O=C(O)c1cc(C=CCS)c(O)cc1O. The van der Waals surface area contributed by atoms with Crippen molar-refractivity contribution in [2.45, 2.75) is 0 Å². The average Bonchev–Trinajstić information content (AvgIpc) is 2.16. The molecule has 0 bridgehead atoms. The number of carboxylic acids is 1. The molecule has 5 heteroatoms. The van der Waals surface area contributed by atoms with Gasteiger partial charge in [-0.15, -0.1) is 0 Å². The summed E-state index contributed by atoms with van der Waals surface area (Å²) in [5.74, 6) is -1.39. The summed E-state index contributed by atoms with van der Waals surface area (Å²) in [6.45, 7) is 0. The summed E-state index contributed by atoms with van der Waals surface area (Å²) in [7, 11) is 0. The average molecular weight is 226 g/mol. The molecule has 3 N–H and O–H groups in total. The van der Waals surface area contributed by atoms with E-state index < -0.39 is 11.7 Å². The van der Waals surface area contributed by atoms with Gasteiger partial charge in [0, 0.05) is 17.4 Å². The minimum Gasteiger partial charge on any atom is -0.507 e. The molecule has 0 heterocycles. The highest BCUT2D eigenvalue weighted by atomic mass is 32.1. The van der Waals surface area contributed by atoms with Gasteiger partial charge >= 0.3 is 5.97 Å². The number of benzene rings is 1. The molecule has 0 unspecified atom stereocenters. The lowest BCUT2D eigenvalue weighted by Crippen LogP contribution is -1.97. The van der Waals surface area contributed by atoms with Crippen molar-refractivity contribution < 1.29 is 20.1 Å². The van der Waals surface area contributed by atoms with Gasteiger partial charge in [-0.2, -0.15) is 12.6 Å². The van der Waals surface area contributed by atoms with E-state index in [0.29, 0.717) is 11.3 Å². The van der Waals surface area contributed by atoms with Gasteiger partial charge in [-0.05, 0) is 6.07 Å². The minimum atomic E-state index is -1.24. The van der Waals surface area contributed by atoms with E-state index in [1.165, 1.54) is 12.1 Å². The molecule has 15 heavy (non-hydrogen) atoms. The predicted octanol–water partition coefficient (Wildman–Crippen LogP) is 1.74. The number of rotatable bonds is 3. The summed E-state index contributed by atoms with van der Waals surface area (Å²) in [6, 6.07) is 2.20. The Bertz CT molecular complexity index is 412. The maximum Gasteiger partial charge on any atom is 0.339 e. The smallest absolute Gasteiger partial charge is 0.339 e. The molecule has 0 aromatic heterocycles. The Kier molecular flexibility index (Phi) is 3.62. The third-order valence-electron chi connectivity index (χ3n) is 1.78. The highest BCUT2D eigenvalue weighted by molar-refractivity contribution is 7.80. The molecule has 0 amide bonds. The van der Waals surface area contributed by atoms with Gasteiger partial charge in [0.15, 0.2) is 0 Å². The van der Waals surface area contributed by atoms with Crippen LogP contribution >= 0.6 is 12.6 Å². The highest BCUT2D eigenvalue weighted by Gasteiger charge is 2.12. The Morgan fingerprint density at radius 3 is 2.53 bits per heavy atom. The zero-order valence-electron chi connectivity index (χ0n) is 7.71. The normalized spacial score (nSPS) is 10.7. The van der Waals surface area contributed by atoms with Crippen LogP contribution in [0, 0.1) is 0 Å². The van der Waals surface area contributed by atoms with Crippen LogP contribution in [0.3, 0.4) is 0 Å². The molecular formula is C10H10O4S. The third kappa shape index (κ3) is 2.66. The molecule has 80 valence electrons. The second-order valence-electron chi connectivity index (χ2n) is 2.82. The molecule has 1 rings (SSSR count). The summed E-state index contributed by atoms with van der Waals surface area (Å²) in [5.41, 5.74) is 0.0888. The van der Waals surface area contributed by atoms with Gasteiger partial charge in [0.25, 0.3) is 0 Å². The first-order valence-corrected chi connectivity index (χ1v) is 4.76. The molecule has 0 aliphatic carbocycles. The van der Waals surface area contributed by atoms with Crippen molar-refractivity contribution in [2.24, 2.45) is 0 Å². The Labute approximate surface area is 91.9 Å². The lowest BCUT2D eigenvalue weighted by molar-refractivity contribution is 0.0693. The van der Waals surface area contributed by atoms with Gasteiger partial charge < -0.3 is 15.3 Å². The van der Waals surface area contributed by atoms with Crippen LogP contribution in [0.25, 0.3) is 6.08 Å².